The number of carbonyl (C=O) groups is 8. The first kappa shape index (κ1) is 61.3. The Morgan fingerprint density at radius 3 is 2.14 bits per heavy atom. The van der Waals surface area contributed by atoms with E-state index in [1.165, 1.54) is 49.6 Å². The van der Waals surface area contributed by atoms with Crippen LogP contribution in [0.3, 0.4) is 0 Å². The average molecular weight is 996 g/mol. The zero-order valence-electron chi connectivity index (χ0n) is 44.9. The number of cyclic esters (lactones) is 2. The molecule has 4 N–H and O–H groups in total. The van der Waals surface area contributed by atoms with Gasteiger partial charge in [-0.2, -0.15) is 0 Å². The number of nitrogens with one attached hydrogen (secondary N) is 4. The number of ether oxygens (including phenoxy) is 3. The first-order valence-electron chi connectivity index (χ1n) is 25.2. The summed E-state index contributed by atoms with van der Waals surface area (Å²) in [6, 6.07) is 4.40. The lowest BCUT2D eigenvalue weighted by Crippen LogP contribution is -2.57. The third kappa shape index (κ3) is 20.1. The average Bonchev–Trinajstić information content (AvgIpc) is 3.33. The van der Waals surface area contributed by atoms with Crippen molar-refractivity contribution in [3.63, 3.8) is 0 Å². The highest BCUT2D eigenvalue weighted by Crippen LogP contribution is 2.27. The number of allylic oxidation sites excluding steroid dienone is 1. The van der Waals surface area contributed by atoms with Crippen molar-refractivity contribution in [2.75, 3.05) is 47.8 Å². The number of likely N-dealkylation sites (N-methyl/N-ethyl adjacent to an activating group) is 2. The largest absolute Gasteiger partial charge is 0.456 e. The van der Waals surface area contributed by atoms with Crippen LogP contribution in [0.5, 0.6) is 0 Å². The number of benzene rings is 1. The molecule has 0 saturated heterocycles. The summed E-state index contributed by atoms with van der Waals surface area (Å²) in [5, 5.41) is 11.3. The highest BCUT2D eigenvalue weighted by Gasteiger charge is 2.38. The molecule has 18 nitrogen and oxygen atoms in total. The molecule has 1 aliphatic heterocycles. The molecule has 6 amide bonds. The maximum atomic E-state index is 14.3. The minimum atomic E-state index is -1.31. The van der Waals surface area contributed by atoms with Gasteiger partial charge in [-0.05, 0) is 90.4 Å². The lowest BCUT2D eigenvalue weighted by molar-refractivity contribution is -0.155. The standard InChI is InChI=1S/C53H85N7O11/c1-15-34(5)45-48(63)56-39(10)52(67)71-46(35(6)16-2)37(8)42(70-53(68)58(12)29-23-18-17-22-28-54-11)27-26-36(7)51(66)69-43(30-33(3)4)47(62)55-38(9)49(64)60(14)41(31-40-24-20-19-21-25-40)50(65)59(13)32-44(61)57-45/h16,19-21,24-26,33-34,37-39,41-43,45-46,54H,15,17-18,22-23,27-32H2,1-14H3,(H,55,62)(H,56,63)(H,57,61)/b35-16+,36-26-/t34-,37+,38+,39-,41-,42+,43+,45+,46-/m1/s1. The fourth-order valence-corrected chi connectivity index (χ4v) is 8.01. The highest BCUT2D eigenvalue weighted by molar-refractivity contribution is 5.96. The number of unbranched alkanes of at least 4 members (excludes halogenated alkanes) is 3. The van der Waals surface area contributed by atoms with E-state index >= 15 is 0 Å². The van der Waals surface area contributed by atoms with Crippen molar-refractivity contribution in [1.29, 1.82) is 0 Å². The van der Waals surface area contributed by atoms with Crippen LogP contribution in [0.15, 0.2) is 53.6 Å². The summed E-state index contributed by atoms with van der Waals surface area (Å²) in [5.74, 6) is -6.05. The molecule has 18 heteroatoms. The molecule has 0 fully saturated rings. The second-order valence-corrected chi connectivity index (χ2v) is 19.5. The fourth-order valence-electron chi connectivity index (χ4n) is 8.01. The smallest absolute Gasteiger partial charge is 0.409 e. The summed E-state index contributed by atoms with van der Waals surface area (Å²) >= 11 is 0. The van der Waals surface area contributed by atoms with Crippen molar-refractivity contribution in [3.05, 3.63) is 59.2 Å². The quantitative estimate of drug-likeness (QED) is 0.0781. The van der Waals surface area contributed by atoms with Gasteiger partial charge in [0.25, 0.3) is 5.91 Å². The normalized spacial score (nSPS) is 25.8. The van der Waals surface area contributed by atoms with Crippen molar-refractivity contribution < 1.29 is 52.6 Å². The Labute approximate surface area is 422 Å². The van der Waals surface area contributed by atoms with E-state index in [0.29, 0.717) is 18.5 Å². The van der Waals surface area contributed by atoms with E-state index in [-0.39, 0.29) is 30.8 Å². The second-order valence-electron chi connectivity index (χ2n) is 19.5. The molecule has 1 aromatic carbocycles. The Hall–Kier alpha value is -5.78. The molecule has 2 rings (SSSR count). The molecule has 1 aliphatic rings. The molecular weight excluding hydrogens is 911 g/mol. The van der Waals surface area contributed by atoms with Crippen LogP contribution in [-0.2, 0) is 54.2 Å². The molecule has 0 saturated carbocycles. The summed E-state index contributed by atoms with van der Waals surface area (Å²) in [5.41, 5.74) is 1.47. The van der Waals surface area contributed by atoms with E-state index in [4.69, 9.17) is 14.2 Å². The lowest BCUT2D eigenvalue weighted by atomic mass is 9.90. The van der Waals surface area contributed by atoms with Crippen molar-refractivity contribution in [2.24, 2.45) is 17.8 Å². The van der Waals surface area contributed by atoms with Crippen molar-refractivity contribution in [2.45, 2.75) is 163 Å². The Morgan fingerprint density at radius 2 is 1.54 bits per heavy atom. The predicted octanol–water partition coefficient (Wildman–Crippen LogP) is 5.09. The maximum absolute atomic E-state index is 14.3. The predicted molar refractivity (Wildman–Crippen MR) is 272 cm³/mol. The van der Waals surface area contributed by atoms with Gasteiger partial charge < -0.3 is 50.2 Å². The maximum Gasteiger partial charge on any atom is 0.409 e. The molecule has 71 heavy (non-hydrogen) atoms. The van der Waals surface area contributed by atoms with Gasteiger partial charge in [0.05, 0.1) is 6.54 Å². The highest BCUT2D eigenvalue weighted by atomic mass is 16.6. The number of carbonyl (C=O) groups excluding carboxylic acids is 8. The topological polar surface area (TPSA) is 222 Å². The van der Waals surface area contributed by atoms with Crippen LogP contribution in [0.25, 0.3) is 0 Å². The van der Waals surface area contributed by atoms with Crippen molar-refractivity contribution in [1.82, 2.24) is 36.0 Å². The van der Waals surface area contributed by atoms with Gasteiger partial charge >= 0.3 is 18.0 Å². The molecule has 0 radical (unpaired) electrons. The van der Waals surface area contributed by atoms with Crippen LogP contribution in [0, 0.1) is 17.8 Å². The Morgan fingerprint density at radius 1 is 0.901 bits per heavy atom. The molecule has 0 aromatic heterocycles. The Balaban J connectivity index is 2.70. The summed E-state index contributed by atoms with van der Waals surface area (Å²) in [7, 11) is 6.40. The lowest BCUT2D eigenvalue weighted by Gasteiger charge is -2.33. The van der Waals surface area contributed by atoms with Crippen LogP contribution >= 0.6 is 0 Å². The van der Waals surface area contributed by atoms with E-state index in [0.717, 1.165) is 37.8 Å². The van der Waals surface area contributed by atoms with Gasteiger partial charge in [0.1, 0.15) is 36.4 Å². The molecule has 1 heterocycles. The SMILES string of the molecule is C/C=C(\C)[C@H]1OC(=O)[C@@H](C)NC(=O)[C@H]([C@H](C)CC)NC(=O)CN(C)C(=O)[C@@H](Cc2ccccc2)N(C)C(=O)[C@H](C)NC(=O)[C@H](CC(C)C)OC(=O)/C(C)=C\C[C@H](OC(=O)N(C)CCCCCCNC)[C@@H]1C. The Bertz CT molecular complexity index is 1990. The van der Waals surface area contributed by atoms with Gasteiger partial charge in [0.15, 0.2) is 6.10 Å². The van der Waals surface area contributed by atoms with Crippen LogP contribution < -0.4 is 21.3 Å². The number of hydrogen-bond donors (Lipinski definition) is 4. The molecule has 0 spiro atoms. The molecule has 0 unspecified atom stereocenters. The third-order valence-corrected chi connectivity index (χ3v) is 13.0. The summed E-state index contributed by atoms with van der Waals surface area (Å²) in [4.78, 5) is 115. The fraction of sp³-hybridized carbons (Fsp3) is 0.660. The van der Waals surface area contributed by atoms with E-state index < -0.39 is 108 Å². The number of rotatable bonds is 15. The van der Waals surface area contributed by atoms with Gasteiger partial charge in [0.2, 0.25) is 23.6 Å². The van der Waals surface area contributed by atoms with Gasteiger partial charge in [0, 0.05) is 52.0 Å². The van der Waals surface area contributed by atoms with E-state index in [9.17, 15) is 38.4 Å². The summed E-state index contributed by atoms with van der Waals surface area (Å²) in [6.07, 6.45) is 3.79. The minimum absolute atomic E-state index is 0.0176. The number of nitrogens with zero attached hydrogens (tertiary/aromatic N) is 3. The molecular formula is C53H85N7O11. The summed E-state index contributed by atoms with van der Waals surface area (Å²) in [6.45, 7) is 17.9. The molecule has 0 aliphatic carbocycles. The molecule has 1 aromatic rings. The van der Waals surface area contributed by atoms with E-state index in [1.807, 2.05) is 33.9 Å². The molecule has 0 bridgehead atoms. The van der Waals surface area contributed by atoms with Crippen molar-refractivity contribution >= 4 is 47.6 Å². The van der Waals surface area contributed by atoms with Crippen LogP contribution in [0.4, 0.5) is 4.79 Å². The van der Waals surface area contributed by atoms with Gasteiger partial charge in [-0.25, -0.2) is 14.4 Å². The van der Waals surface area contributed by atoms with Crippen LogP contribution in [0.2, 0.25) is 0 Å². The first-order valence-corrected chi connectivity index (χ1v) is 25.2. The molecule has 9 atom stereocenters. The zero-order chi connectivity index (χ0) is 53.5. The zero-order valence-corrected chi connectivity index (χ0v) is 44.9. The summed E-state index contributed by atoms with van der Waals surface area (Å²) < 4.78 is 18.1. The second kappa shape index (κ2) is 30.8. The van der Waals surface area contributed by atoms with E-state index in [2.05, 4.69) is 21.3 Å². The third-order valence-electron chi connectivity index (χ3n) is 13.0. The Kier molecular flexibility index (Phi) is 26.6. The van der Waals surface area contributed by atoms with Gasteiger partial charge in [-0.15, -0.1) is 0 Å². The van der Waals surface area contributed by atoms with Gasteiger partial charge in [-0.3, -0.25) is 24.0 Å². The van der Waals surface area contributed by atoms with Crippen LogP contribution in [-0.4, -0.2) is 153 Å². The number of amides is 6. The monoisotopic (exact) mass is 996 g/mol. The number of esters is 2. The van der Waals surface area contributed by atoms with Crippen molar-refractivity contribution in [3.8, 4) is 0 Å². The minimum Gasteiger partial charge on any atom is -0.456 e. The first-order chi connectivity index (χ1) is 33.5. The number of hydrogen-bond acceptors (Lipinski definition) is 12. The van der Waals surface area contributed by atoms with Gasteiger partial charge in [-0.1, -0.05) is 96.4 Å². The van der Waals surface area contributed by atoms with E-state index in [1.54, 1.807) is 71.2 Å². The molecule has 398 valence electrons. The van der Waals surface area contributed by atoms with Crippen LogP contribution in [0.1, 0.15) is 120 Å².